The van der Waals surface area contributed by atoms with Gasteiger partial charge < -0.3 is 15.2 Å². The maximum Gasteiger partial charge on any atom is 0.188 e. The number of hydrogen-bond acceptors (Lipinski definition) is 6. The third kappa shape index (κ3) is 2.01. The number of methoxy groups -OCH3 is 1. The van der Waals surface area contributed by atoms with Crippen molar-refractivity contribution in [3.05, 3.63) is 18.2 Å². The number of rotatable bonds is 3. The summed E-state index contributed by atoms with van der Waals surface area (Å²) in [7, 11) is 1.60. The monoisotopic (exact) mass is 261 g/mol. The van der Waals surface area contributed by atoms with Crippen LogP contribution in [0.4, 0.5) is 5.69 Å². The third-order valence-corrected chi connectivity index (χ3v) is 3.25. The van der Waals surface area contributed by atoms with Crippen LogP contribution in [0.5, 0.6) is 5.75 Å². The average Bonchev–Trinajstić information content (AvgIpc) is 3.08. The smallest absolute Gasteiger partial charge is 0.188 e. The second kappa shape index (κ2) is 4.85. The van der Waals surface area contributed by atoms with Crippen LogP contribution in [0.25, 0.3) is 11.4 Å². The number of tetrazole rings is 1. The normalized spacial score (nSPS) is 18.7. The molecule has 2 aromatic rings. The minimum Gasteiger partial charge on any atom is -0.496 e. The van der Waals surface area contributed by atoms with Gasteiger partial charge in [-0.2, -0.15) is 0 Å². The van der Waals surface area contributed by atoms with Crippen LogP contribution in [0.3, 0.4) is 0 Å². The molecule has 1 atom stereocenters. The highest BCUT2D eigenvalue weighted by molar-refractivity contribution is 5.77. The largest absolute Gasteiger partial charge is 0.496 e. The van der Waals surface area contributed by atoms with Gasteiger partial charge in [0.25, 0.3) is 0 Å². The van der Waals surface area contributed by atoms with E-state index in [1.165, 1.54) is 0 Å². The van der Waals surface area contributed by atoms with E-state index in [4.69, 9.17) is 15.2 Å². The first kappa shape index (κ1) is 11.9. The molecule has 0 bridgehead atoms. The fourth-order valence-electron chi connectivity index (χ4n) is 2.28. The van der Waals surface area contributed by atoms with Gasteiger partial charge in [0.2, 0.25) is 0 Å². The molecule has 2 heterocycles. The number of benzene rings is 1. The maximum absolute atomic E-state index is 6.04. The Labute approximate surface area is 110 Å². The first-order chi connectivity index (χ1) is 9.31. The lowest BCUT2D eigenvalue weighted by atomic mass is 10.1. The summed E-state index contributed by atoms with van der Waals surface area (Å²) in [6.45, 7) is 1.35. The fourth-order valence-corrected chi connectivity index (χ4v) is 2.28. The van der Waals surface area contributed by atoms with Gasteiger partial charge in [-0.25, -0.2) is 4.68 Å². The van der Waals surface area contributed by atoms with Gasteiger partial charge in [-0.05, 0) is 29.0 Å². The van der Waals surface area contributed by atoms with Gasteiger partial charge in [0.05, 0.1) is 25.3 Å². The third-order valence-electron chi connectivity index (χ3n) is 3.25. The Bertz CT molecular complexity index is 577. The molecule has 0 radical (unpaired) electrons. The molecule has 1 aliphatic rings. The molecule has 1 saturated heterocycles. The van der Waals surface area contributed by atoms with Crippen LogP contribution < -0.4 is 10.5 Å². The maximum atomic E-state index is 6.04. The van der Waals surface area contributed by atoms with Crippen molar-refractivity contribution in [1.82, 2.24) is 20.2 Å². The van der Waals surface area contributed by atoms with Gasteiger partial charge in [0.1, 0.15) is 5.75 Å². The highest BCUT2D eigenvalue weighted by Crippen LogP contribution is 2.35. The Morgan fingerprint density at radius 3 is 3.11 bits per heavy atom. The van der Waals surface area contributed by atoms with Crippen molar-refractivity contribution in [2.24, 2.45) is 0 Å². The van der Waals surface area contributed by atoms with Crippen LogP contribution in [-0.2, 0) is 4.74 Å². The molecule has 7 nitrogen and oxygen atoms in total. The molecule has 1 aliphatic heterocycles. The first-order valence-electron chi connectivity index (χ1n) is 6.09. The molecule has 100 valence electrons. The number of nitrogen functional groups attached to an aromatic ring is 1. The van der Waals surface area contributed by atoms with Crippen molar-refractivity contribution in [3.8, 4) is 17.1 Å². The SMILES string of the molecule is COc1cccc(N)c1-c1nnnn1C1CCOC1. The minimum absolute atomic E-state index is 0.148. The molecule has 2 N–H and O–H groups in total. The zero-order valence-electron chi connectivity index (χ0n) is 10.6. The van der Waals surface area contributed by atoms with E-state index in [9.17, 15) is 0 Å². The van der Waals surface area contributed by atoms with Crippen LogP contribution in [0, 0.1) is 0 Å². The van der Waals surface area contributed by atoms with Crippen LogP contribution in [0.15, 0.2) is 18.2 Å². The van der Waals surface area contributed by atoms with Crippen LogP contribution in [0.1, 0.15) is 12.5 Å². The lowest BCUT2D eigenvalue weighted by Crippen LogP contribution is -2.13. The van der Waals surface area contributed by atoms with Crippen molar-refractivity contribution >= 4 is 5.69 Å². The van der Waals surface area contributed by atoms with E-state index < -0.39 is 0 Å². The second-order valence-corrected chi connectivity index (χ2v) is 4.39. The Balaban J connectivity index is 2.10. The summed E-state index contributed by atoms with van der Waals surface area (Å²) in [4.78, 5) is 0. The number of anilines is 1. The van der Waals surface area contributed by atoms with E-state index in [1.54, 1.807) is 11.8 Å². The molecule has 1 fully saturated rings. The van der Waals surface area contributed by atoms with E-state index in [2.05, 4.69) is 15.5 Å². The molecular formula is C12H15N5O2. The zero-order chi connectivity index (χ0) is 13.2. The van der Waals surface area contributed by atoms with E-state index in [1.807, 2.05) is 18.2 Å². The highest BCUT2D eigenvalue weighted by atomic mass is 16.5. The van der Waals surface area contributed by atoms with Crippen LogP contribution in [0.2, 0.25) is 0 Å². The number of nitrogens with zero attached hydrogens (tertiary/aromatic N) is 4. The van der Waals surface area contributed by atoms with E-state index in [0.29, 0.717) is 23.9 Å². The number of hydrogen-bond donors (Lipinski definition) is 1. The van der Waals surface area contributed by atoms with Crippen molar-refractivity contribution in [3.63, 3.8) is 0 Å². The summed E-state index contributed by atoms with van der Waals surface area (Å²) in [6, 6.07) is 5.64. The Hall–Kier alpha value is -2.15. The summed E-state index contributed by atoms with van der Waals surface area (Å²) in [6.07, 6.45) is 0.896. The average molecular weight is 261 g/mol. The van der Waals surface area contributed by atoms with Crippen LogP contribution >= 0.6 is 0 Å². The predicted molar refractivity (Wildman–Crippen MR) is 68.7 cm³/mol. The molecule has 0 aliphatic carbocycles. The van der Waals surface area contributed by atoms with Gasteiger partial charge in [-0.15, -0.1) is 5.10 Å². The Kier molecular flexibility index (Phi) is 3.04. The van der Waals surface area contributed by atoms with Gasteiger partial charge >= 0.3 is 0 Å². The Morgan fingerprint density at radius 1 is 1.47 bits per heavy atom. The molecule has 0 spiro atoms. The topological polar surface area (TPSA) is 88.1 Å². The molecule has 7 heteroatoms. The quantitative estimate of drug-likeness (QED) is 0.825. The van der Waals surface area contributed by atoms with E-state index in [0.717, 1.165) is 18.6 Å². The molecule has 0 amide bonds. The number of ether oxygens (including phenoxy) is 2. The Morgan fingerprint density at radius 2 is 2.37 bits per heavy atom. The van der Waals surface area contributed by atoms with E-state index >= 15 is 0 Å². The molecule has 19 heavy (non-hydrogen) atoms. The molecule has 0 saturated carbocycles. The lowest BCUT2D eigenvalue weighted by Gasteiger charge is -2.13. The molecule has 3 rings (SSSR count). The van der Waals surface area contributed by atoms with Crippen molar-refractivity contribution in [1.29, 1.82) is 0 Å². The summed E-state index contributed by atoms with van der Waals surface area (Å²) >= 11 is 0. The standard InChI is InChI=1S/C12H15N5O2/c1-18-10-4-2-3-9(13)11(10)12-14-15-16-17(12)8-5-6-19-7-8/h2-4,8H,5-7,13H2,1H3. The summed E-state index contributed by atoms with van der Waals surface area (Å²) < 4.78 is 12.5. The number of nitrogens with two attached hydrogens (primary N) is 1. The van der Waals surface area contributed by atoms with Gasteiger partial charge in [0.15, 0.2) is 5.82 Å². The van der Waals surface area contributed by atoms with Crippen molar-refractivity contribution < 1.29 is 9.47 Å². The summed E-state index contributed by atoms with van der Waals surface area (Å²) in [5, 5.41) is 11.9. The number of aromatic nitrogens is 4. The van der Waals surface area contributed by atoms with Crippen LogP contribution in [-0.4, -0.2) is 40.5 Å². The zero-order valence-corrected chi connectivity index (χ0v) is 10.6. The highest BCUT2D eigenvalue weighted by Gasteiger charge is 2.25. The van der Waals surface area contributed by atoms with Gasteiger partial charge in [-0.1, -0.05) is 6.07 Å². The molecule has 1 unspecified atom stereocenters. The summed E-state index contributed by atoms with van der Waals surface area (Å²) in [5.41, 5.74) is 7.35. The van der Waals surface area contributed by atoms with Gasteiger partial charge in [0, 0.05) is 12.3 Å². The lowest BCUT2D eigenvalue weighted by molar-refractivity contribution is 0.184. The summed E-state index contributed by atoms with van der Waals surface area (Å²) in [5.74, 6) is 1.28. The molecular weight excluding hydrogens is 246 g/mol. The second-order valence-electron chi connectivity index (χ2n) is 4.39. The van der Waals surface area contributed by atoms with Gasteiger partial charge in [-0.3, -0.25) is 0 Å². The molecule has 1 aromatic carbocycles. The minimum atomic E-state index is 0.148. The van der Waals surface area contributed by atoms with Crippen molar-refractivity contribution in [2.45, 2.75) is 12.5 Å². The predicted octanol–water partition coefficient (Wildman–Crippen LogP) is 0.892. The first-order valence-corrected chi connectivity index (χ1v) is 6.09. The van der Waals surface area contributed by atoms with E-state index in [-0.39, 0.29) is 6.04 Å². The fraction of sp³-hybridized carbons (Fsp3) is 0.417. The molecule has 1 aromatic heterocycles. The van der Waals surface area contributed by atoms with Crippen molar-refractivity contribution in [2.75, 3.05) is 26.1 Å².